The van der Waals surface area contributed by atoms with E-state index in [1.165, 1.54) is 4.90 Å². The number of aryl methyl sites for hydroxylation is 1. The molecule has 30 heavy (non-hydrogen) atoms. The van der Waals surface area contributed by atoms with Crippen LogP contribution in [0.3, 0.4) is 0 Å². The van der Waals surface area contributed by atoms with Gasteiger partial charge in [-0.05, 0) is 69.4 Å². The zero-order valence-corrected chi connectivity index (χ0v) is 17.8. The van der Waals surface area contributed by atoms with Gasteiger partial charge >= 0.3 is 0 Å². The van der Waals surface area contributed by atoms with Crippen molar-refractivity contribution in [3.05, 3.63) is 65.0 Å². The number of rotatable bonds is 7. The molecule has 0 bridgehead atoms. The molecular weight excluding hydrogens is 382 g/mol. The quantitative estimate of drug-likeness (QED) is 0.430. The van der Waals surface area contributed by atoms with Crippen LogP contribution in [-0.2, 0) is 9.59 Å². The van der Waals surface area contributed by atoms with Gasteiger partial charge in [0.1, 0.15) is 11.5 Å². The molecule has 7 nitrogen and oxygen atoms in total. The number of methoxy groups -OCH3 is 1. The monoisotopic (exact) mass is 409 g/mol. The van der Waals surface area contributed by atoms with E-state index in [9.17, 15) is 14.7 Å². The highest BCUT2D eigenvalue weighted by Crippen LogP contribution is 2.39. The minimum atomic E-state index is -0.679. The van der Waals surface area contributed by atoms with Gasteiger partial charge < -0.3 is 19.6 Å². The van der Waals surface area contributed by atoms with Crippen LogP contribution >= 0.6 is 0 Å². The van der Waals surface area contributed by atoms with Gasteiger partial charge in [0.15, 0.2) is 0 Å². The van der Waals surface area contributed by atoms with Crippen LogP contribution in [0.15, 0.2) is 48.3 Å². The van der Waals surface area contributed by atoms with E-state index in [0.29, 0.717) is 29.8 Å². The van der Waals surface area contributed by atoms with Gasteiger partial charge in [0, 0.05) is 24.5 Å². The highest BCUT2D eigenvalue weighted by atomic mass is 16.5. The molecule has 0 aliphatic carbocycles. The zero-order valence-electron chi connectivity index (χ0n) is 17.8. The Hall–Kier alpha value is -3.19. The van der Waals surface area contributed by atoms with Crippen LogP contribution in [0.4, 0.5) is 0 Å². The minimum absolute atomic E-state index is 0.0890. The van der Waals surface area contributed by atoms with E-state index in [4.69, 9.17) is 4.74 Å². The Morgan fingerprint density at radius 2 is 2.03 bits per heavy atom. The average Bonchev–Trinajstić information content (AvgIpc) is 2.98. The first-order chi connectivity index (χ1) is 14.3. The second kappa shape index (κ2) is 9.09. The number of carbonyl (C=O) groups excluding carboxylic acids is 2. The zero-order chi connectivity index (χ0) is 21.8. The van der Waals surface area contributed by atoms with Crippen molar-refractivity contribution < 1.29 is 19.4 Å². The number of pyridine rings is 1. The fourth-order valence-corrected chi connectivity index (χ4v) is 3.73. The molecule has 1 aromatic carbocycles. The molecule has 1 aliphatic heterocycles. The van der Waals surface area contributed by atoms with Gasteiger partial charge in [0.05, 0.1) is 18.7 Å². The summed E-state index contributed by atoms with van der Waals surface area (Å²) in [4.78, 5) is 33.6. The lowest BCUT2D eigenvalue weighted by atomic mass is 9.94. The van der Waals surface area contributed by atoms with Crippen LogP contribution in [0.1, 0.15) is 29.2 Å². The smallest absolute Gasteiger partial charge is 0.295 e. The lowest BCUT2D eigenvalue weighted by Gasteiger charge is -2.25. The van der Waals surface area contributed by atoms with E-state index in [0.717, 1.165) is 12.1 Å². The van der Waals surface area contributed by atoms with Crippen molar-refractivity contribution in [3.63, 3.8) is 0 Å². The third kappa shape index (κ3) is 4.21. The first-order valence-corrected chi connectivity index (χ1v) is 9.83. The van der Waals surface area contributed by atoms with Crippen molar-refractivity contribution in [3.8, 4) is 5.75 Å². The van der Waals surface area contributed by atoms with Gasteiger partial charge in [0.2, 0.25) is 0 Å². The topological polar surface area (TPSA) is 83.0 Å². The summed E-state index contributed by atoms with van der Waals surface area (Å²) in [7, 11) is 5.48. The summed E-state index contributed by atoms with van der Waals surface area (Å²) in [6, 6.07) is 8.09. The van der Waals surface area contributed by atoms with E-state index >= 15 is 0 Å². The summed E-state index contributed by atoms with van der Waals surface area (Å²) in [6.07, 6.45) is 3.97. The van der Waals surface area contributed by atoms with Crippen LogP contribution in [0.25, 0.3) is 5.76 Å². The number of carbonyl (C=O) groups is 2. The number of benzene rings is 1. The maximum atomic E-state index is 13.0. The molecule has 7 heteroatoms. The van der Waals surface area contributed by atoms with Gasteiger partial charge in [-0.15, -0.1) is 0 Å². The molecule has 0 saturated carbocycles. The van der Waals surface area contributed by atoms with Gasteiger partial charge in [-0.25, -0.2) is 0 Å². The fraction of sp³-hybridized carbons (Fsp3) is 0.348. The molecule has 1 aromatic heterocycles. The molecule has 3 rings (SSSR count). The normalized spacial score (nSPS) is 18.3. The molecule has 1 saturated heterocycles. The predicted molar refractivity (Wildman–Crippen MR) is 114 cm³/mol. The van der Waals surface area contributed by atoms with Crippen molar-refractivity contribution >= 4 is 17.4 Å². The van der Waals surface area contributed by atoms with Gasteiger partial charge in [-0.1, -0.05) is 6.07 Å². The molecule has 1 aliphatic rings. The summed E-state index contributed by atoms with van der Waals surface area (Å²) < 4.78 is 5.23. The van der Waals surface area contributed by atoms with Crippen molar-refractivity contribution in [2.75, 3.05) is 34.3 Å². The standard InChI is InChI=1S/C23H27N3O4/c1-15-13-17(30-4)8-9-18(15)21(27)19-20(16-7-5-10-24-14-16)26(23(29)22(19)28)12-6-11-25(2)3/h5,7-10,13-14,20,27H,6,11-12H2,1-4H3/t20-/m0/s1. The van der Waals surface area contributed by atoms with Gasteiger partial charge in [0.25, 0.3) is 11.7 Å². The molecule has 1 fully saturated rings. The Bertz CT molecular complexity index is 970. The van der Waals surface area contributed by atoms with E-state index in [-0.39, 0.29) is 11.3 Å². The summed E-state index contributed by atoms with van der Waals surface area (Å²) >= 11 is 0. The summed E-state index contributed by atoms with van der Waals surface area (Å²) in [6.45, 7) is 3.00. The maximum absolute atomic E-state index is 13.0. The highest BCUT2D eigenvalue weighted by Gasteiger charge is 2.46. The van der Waals surface area contributed by atoms with E-state index < -0.39 is 17.7 Å². The highest BCUT2D eigenvalue weighted by molar-refractivity contribution is 6.46. The number of likely N-dealkylation sites (tertiary alicyclic amines) is 1. The minimum Gasteiger partial charge on any atom is -0.507 e. The molecule has 158 valence electrons. The Balaban J connectivity index is 2.09. The predicted octanol–water partition coefficient (Wildman–Crippen LogP) is 2.77. The van der Waals surface area contributed by atoms with E-state index in [2.05, 4.69) is 4.98 Å². The van der Waals surface area contributed by atoms with Crippen LogP contribution in [-0.4, -0.2) is 65.9 Å². The number of hydrogen-bond donors (Lipinski definition) is 1. The van der Waals surface area contributed by atoms with Gasteiger partial charge in [-0.3, -0.25) is 14.6 Å². The number of aliphatic hydroxyl groups is 1. The molecule has 0 unspecified atom stereocenters. The van der Waals surface area contributed by atoms with Crippen LogP contribution < -0.4 is 4.74 Å². The van der Waals surface area contributed by atoms with E-state index in [1.807, 2.05) is 32.0 Å². The molecule has 1 N–H and O–H groups in total. The number of hydrogen-bond acceptors (Lipinski definition) is 6. The number of aromatic nitrogens is 1. The van der Waals surface area contributed by atoms with Crippen molar-refractivity contribution in [2.45, 2.75) is 19.4 Å². The van der Waals surface area contributed by atoms with Gasteiger partial charge in [-0.2, -0.15) is 0 Å². The summed E-state index contributed by atoms with van der Waals surface area (Å²) in [5.74, 6) is -0.814. The summed E-state index contributed by atoms with van der Waals surface area (Å²) in [5.41, 5.74) is 2.02. The summed E-state index contributed by atoms with van der Waals surface area (Å²) in [5, 5.41) is 11.1. The SMILES string of the molecule is COc1ccc(C(O)=C2C(=O)C(=O)N(CCCN(C)C)[C@H]2c2cccnc2)c(C)c1. The fourth-order valence-electron chi connectivity index (χ4n) is 3.73. The number of ketones is 1. The van der Waals surface area contributed by atoms with E-state index in [1.54, 1.807) is 43.8 Å². The number of Topliss-reactive ketones (excluding diaryl/α,β-unsaturated/α-hetero) is 1. The second-order valence-corrected chi connectivity index (χ2v) is 7.62. The average molecular weight is 409 g/mol. The molecule has 0 spiro atoms. The molecule has 0 radical (unpaired) electrons. The van der Waals surface area contributed by atoms with Crippen LogP contribution in [0.5, 0.6) is 5.75 Å². The Kier molecular flexibility index (Phi) is 6.52. The Morgan fingerprint density at radius 3 is 2.63 bits per heavy atom. The lowest BCUT2D eigenvalue weighted by molar-refractivity contribution is -0.139. The molecular formula is C23H27N3O4. The number of aliphatic hydroxyl groups excluding tert-OH is 1. The Morgan fingerprint density at radius 1 is 1.27 bits per heavy atom. The molecule has 2 heterocycles. The van der Waals surface area contributed by atoms with Crippen molar-refractivity contribution in [2.24, 2.45) is 0 Å². The number of amides is 1. The first-order valence-electron chi connectivity index (χ1n) is 9.83. The molecule has 2 aromatic rings. The second-order valence-electron chi connectivity index (χ2n) is 7.62. The lowest BCUT2D eigenvalue weighted by Crippen LogP contribution is -2.32. The van der Waals surface area contributed by atoms with Crippen molar-refractivity contribution in [1.82, 2.24) is 14.8 Å². The van der Waals surface area contributed by atoms with Crippen LogP contribution in [0, 0.1) is 6.92 Å². The maximum Gasteiger partial charge on any atom is 0.295 e. The molecule has 1 atom stereocenters. The third-order valence-corrected chi connectivity index (χ3v) is 5.23. The Labute approximate surface area is 176 Å². The third-order valence-electron chi connectivity index (χ3n) is 5.23. The number of nitrogens with zero attached hydrogens (tertiary/aromatic N) is 3. The largest absolute Gasteiger partial charge is 0.507 e. The number of ether oxygens (including phenoxy) is 1. The molecule has 1 amide bonds. The van der Waals surface area contributed by atoms with Crippen molar-refractivity contribution in [1.29, 1.82) is 0 Å². The van der Waals surface area contributed by atoms with Crippen LogP contribution in [0.2, 0.25) is 0 Å². The first kappa shape index (κ1) is 21.5.